The Morgan fingerprint density at radius 2 is 2.04 bits per heavy atom. The van der Waals surface area contributed by atoms with Crippen molar-refractivity contribution in [3.05, 3.63) is 58.6 Å². The van der Waals surface area contributed by atoms with Gasteiger partial charge in [0.2, 0.25) is 6.79 Å². The lowest BCUT2D eigenvalue weighted by atomic mass is 10.1. The summed E-state index contributed by atoms with van der Waals surface area (Å²) in [6, 6.07) is 13.3. The molecule has 0 fully saturated rings. The number of nitrogens with one attached hydrogen (secondary N) is 1. The van der Waals surface area contributed by atoms with Crippen molar-refractivity contribution in [2.45, 2.75) is 6.17 Å². The lowest BCUT2D eigenvalue weighted by molar-refractivity contribution is -0.116. The number of hydrogen-bond acceptors (Lipinski definition) is 7. The molecule has 0 aromatic heterocycles. The summed E-state index contributed by atoms with van der Waals surface area (Å²) >= 11 is 1.38. The van der Waals surface area contributed by atoms with Gasteiger partial charge in [-0.2, -0.15) is 0 Å². The fourth-order valence-corrected chi connectivity index (χ4v) is 3.57. The third-order valence-electron chi connectivity index (χ3n) is 4.40. The Labute approximate surface area is 153 Å². The van der Waals surface area contributed by atoms with Gasteiger partial charge in [0.1, 0.15) is 5.70 Å². The minimum absolute atomic E-state index is 0.183. The fourth-order valence-electron chi connectivity index (χ4n) is 3.21. The first-order chi connectivity index (χ1) is 12.7. The summed E-state index contributed by atoms with van der Waals surface area (Å²) in [4.78, 5) is 17.6. The first kappa shape index (κ1) is 15.3. The van der Waals surface area contributed by atoms with Crippen molar-refractivity contribution >= 4 is 28.5 Å². The second kappa shape index (κ2) is 5.77. The van der Waals surface area contributed by atoms with Gasteiger partial charge in [0, 0.05) is 10.8 Å². The van der Waals surface area contributed by atoms with E-state index in [9.17, 15) is 4.79 Å². The minimum Gasteiger partial charge on any atom is -0.454 e. The van der Waals surface area contributed by atoms with E-state index in [0.717, 1.165) is 16.1 Å². The van der Waals surface area contributed by atoms with Crippen LogP contribution in [0.4, 0.5) is 0 Å². The molecule has 5 rings (SSSR count). The van der Waals surface area contributed by atoms with Crippen molar-refractivity contribution in [2.75, 3.05) is 13.0 Å². The highest BCUT2D eigenvalue weighted by molar-refractivity contribution is 8.13. The van der Waals surface area contributed by atoms with Crippen LogP contribution in [0.15, 0.2) is 52.6 Å². The zero-order chi connectivity index (χ0) is 17.7. The van der Waals surface area contributed by atoms with E-state index in [1.54, 1.807) is 5.01 Å². The van der Waals surface area contributed by atoms with Gasteiger partial charge in [0.25, 0.3) is 5.91 Å². The number of benzene rings is 2. The molecule has 8 heteroatoms. The number of rotatable bonds is 1. The summed E-state index contributed by atoms with van der Waals surface area (Å²) in [6.45, 7) is 0.210. The van der Waals surface area contributed by atoms with Gasteiger partial charge in [-0.05, 0) is 24.5 Å². The molecule has 0 radical (unpaired) electrons. The molecule has 3 aliphatic rings. The van der Waals surface area contributed by atoms with E-state index < -0.39 is 6.17 Å². The average molecular weight is 366 g/mol. The second-order valence-electron chi connectivity index (χ2n) is 5.89. The number of carbonyl (C=O) groups excluding carboxylic acids is 1. The molecule has 3 heterocycles. The molecule has 7 nitrogen and oxygen atoms in total. The summed E-state index contributed by atoms with van der Waals surface area (Å²) in [6.07, 6.45) is 1.41. The van der Waals surface area contributed by atoms with Crippen molar-refractivity contribution in [3.63, 3.8) is 0 Å². The lowest BCUT2D eigenvalue weighted by Crippen LogP contribution is -2.50. The minimum atomic E-state index is -0.456. The van der Waals surface area contributed by atoms with Crippen molar-refractivity contribution < 1.29 is 14.3 Å². The molecule has 0 aliphatic carbocycles. The summed E-state index contributed by atoms with van der Waals surface area (Å²) in [5, 5.41) is 11.2. The van der Waals surface area contributed by atoms with E-state index in [2.05, 4.69) is 10.4 Å². The van der Waals surface area contributed by atoms with E-state index in [0.29, 0.717) is 22.4 Å². The van der Waals surface area contributed by atoms with Crippen molar-refractivity contribution in [1.82, 2.24) is 10.3 Å². The standard InChI is InChI=1S/C18H14N4O3S/c1-26-18-20-17(23)15-11-4-2-3-5-12(11)19-16(22(15)21-18)10-6-7-13-14(8-10)25-9-24-13/h2-8,16H,9H2,1H3,(H,20,21,23)/t16-/m0/s1. The zero-order valence-electron chi connectivity index (χ0n) is 13.8. The van der Waals surface area contributed by atoms with Crippen LogP contribution in [0.1, 0.15) is 11.7 Å². The Bertz CT molecular complexity index is 1080. The van der Waals surface area contributed by atoms with Crippen LogP contribution in [0.3, 0.4) is 0 Å². The molecular formula is C18H14N4O3S. The third-order valence-corrected chi connectivity index (χ3v) is 4.97. The summed E-state index contributed by atoms with van der Waals surface area (Å²) in [7, 11) is 0. The van der Waals surface area contributed by atoms with Gasteiger partial charge >= 0.3 is 0 Å². The quantitative estimate of drug-likeness (QED) is 0.812. The smallest absolute Gasteiger partial charge is 0.276 e. The Morgan fingerprint density at radius 3 is 2.92 bits per heavy atom. The number of para-hydroxylation sites is 1. The zero-order valence-corrected chi connectivity index (χ0v) is 14.6. The molecule has 1 N–H and O–H groups in total. The Kier molecular flexibility index (Phi) is 3.39. The van der Waals surface area contributed by atoms with Crippen LogP contribution in [-0.2, 0) is 4.79 Å². The molecule has 3 aliphatic heterocycles. The highest BCUT2D eigenvalue weighted by Gasteiger charge is 2.34. The number of hydrazone groups is 1. The summed E-state index contributed by atoms with van der Waals surface area (Å²) in [5.41, 5.74) is 1.37. The van der Waals surface area contributed by atoms with Crippen LogP contribution in [0.2, 0.25) is 0 Å². The number of ether oxygens (including phenoxy) is 2. The SMILES string of the molecule is CSC1=NN2C(=c3ccccc3=N[C@@H]2c2ccc3c(c2)OCO3)C(=O)N1. The van der Waals surface area contributed by atoms with E-state index in [4.69, 9.17) is 14.5 Å². The molecule has 0 saturated carbocycles. The van der Waals surface area contributed by atoms with Gasteiger partial charge in [0.05, 0.1) is 5.36 Å². The topological polar surface area (TPSA) is 75.5 Å². The van der Waals surface area contributed by atoms with Gasteiger partial charge in [-0.3, -0.25) is 15.1 Å². The first-order valence-corrected chi connectivity index (χ1v) is 9.27. The Balaban J connectivity index is 1.73. The molecule has 1 amide bonds. The molecule has 2 aromatic rings. The third kappa shape index (κ3) is 2.26. The number of amidine groups is 1. The second-order valence-corrected chi connectivity index (χ2v) is 6.68. The highest BCUT2D eigenvalue weighted by Crippen LogP contribution is 2.37. The number of hydrogen-bond donors (Lipinski definition) is 1. The molecule has 0 spiro atoms. The molecule has 0 unspecified atom stereocenters. The van der Waals surface area contributed by atoms with Crippen LogP contribution in [0.25, 0.3) is 5.70 Å². The normalized spacial score (nSPS) is 20.0. The van der Waals surface area contributed by atoms with E-state index in [-0.39, 0.29) is 12.7 Å². The van der Waals surface area contributed by atoms with Crippen LogP contribution >= 0.6 is 11.8 Å². The number of nitrogens with zero attached hydrogens (tertiary/aromatic N) is 3. The van der Waals surface area contributed by atoms with Crippen molar-refractivity contribution in [3.8, 4) is 11.5 Å². The van der Waals surface area contributed by atoms with E-state index in [1.165, 1.54) is 11.8 Å². The van der Waals surface area contributed by atoms with Crippen LogP contribution in [0.5, 0.6) is 11.5 Å². The number of carbonyl (C=O) groups is 1. The predicted octanol–water partition coefficient (Wildman–Crippen LogP) is 0.921. The van der Waals surface area contributed by atoms with E-state index >= 15 is 0 Å². The molecule has 26 heavy (non-hydrogen) atoms. The maximum Gasteiger partial charge on any atom is 0.276 e. The molecule has 130 valence electrons. The fraction of sp³-hybridized carbons (Fsp3) is 0.167. The van der Waals surface area contributed by atoms with Crippen molar-refractivity contribution in [1.29, 1.82) is 0 Å². The van der Waals surface area contributed by atoms with Gasteiger partial charge in [0.15, 0.2) is 22.8 Å². The monoisotopic (exact) mass is 366 g/mol. The maximum absolute atomic E-state index is 12.8. The molecule has 0 saturated heterocycles. The molecular weight excluding hydrogens is 352 g/mol. The van der Waals surface area contributed by atoms with Gasteiger partial charge in [-0.25, -0.2) is 5.01 Å². The molecule has 2 aromatic carbocycles. The highest BCUT2D eigenvalue weighted by atomic mass is 32.2. The van der Waals surface area contributed by atoms with Gasteiger partial charge in [-0.15, -0.1) is 5.10 Å². The van der Waals surface area contributed by atoms with Gasteiger partial charge in [-0.1, -0.05) is 36.0 Å². The summed E-state index contributed by atoms with van der Waals surface area (Å²) in [5.74, 6) is 1.20. The lowest BCUT2D eigenvalue weighted by Gasteiger charge is -2.33. The molecule has 1 atom stereocenters. The number of thioether (sulfide) groups is 1. The maximum atomic E-state index is 12.8. The average Bonchev–Trinajstić information content (AvgIpc) is 3.14. The Morgan fingerprint density at radius 1 is 1.19 bits per heavy atom. The largest absolute Gasteiger partial charge is 0.454 e. The van der Waals surface area contributed by atoms with E-state index in [1.807, 2.05) is 48.7 Å². The molecule has 0 bridgehead atoms. The summed E-state index contributed by atoms with van der Waals surface area (Å²) < 4.78 is 10.9. The van der Waals surface area contributed by atoms with Crippen LogP contribution in [-0.4, -0.2) is 29.1 Å². The first-order valence-electron chi connectivity index (χ1n) is 8.04. The van der Waals surface area contributed by atoms with Crippen LogP contribution in [0, 0.1) is 0 Å². The van der Waals surface area contributed by atoms with Crippen LogP contribution < -0.4 is 25.4 Å². The number of fused-ring (bicyclic) bond motifs is 3. The van der Waals surface area contributed by atoms with Gasteiger partial charge < -0.3 is 9.47 Å². The predicted molar refractivity (Wildman–Crippen MR) is 96.9 cm³/mol. The Hall–Kier alpha value is -3.00. The number of amides is 1. The van der Waals surface area contributed by atoms with Crippen molar-refractivity contribution in [2.24, 2.45) is 10.1 Å².